The Labute approximate surface area is 438 Å². The number of nitro groups is 1. The molecule has 0 bridgehead atoms. The van der Waals surface area contributed by atoms with Crippen LogP contribution < -0.4 is 24.4 Å². The van der Waals surface area contributed by atoms with Crippen molar-refractivity contribution in [2.45, 2.75) is 75.1 Å². The van der Waals surface area contributed by atoms with Crippen molar-refractivity contribution < 1.29 is 45.9 Å². The molecule has 1 amide bonds. The number of piperazine rings is 1. The summed E-state index contributed by atoms with van der Waals surface area (Å²) < 4.78 is 75.4. The van der Waals surface area contributed by atoms with E-state index < -0.39 is 48.9 Å². The summed E-state index contributed by atoms with van der Waals surface area (Å²) in [6.45, 7) is 10.4. The van der Waals surface area contributed by atoms with Crippen LogP contribution in [-0.4, -0.2) is 122 Å². The third-order valence-electron chi connectivity index (χ3n) is 15.6. The fourth-order valence-corrected chi connectivity index (χ4v) is 12.7. The van der Waals surface area contributed by atoms with Crippen LogP contribution in [-0.2, 0) is 26.0 Å². The van der Waals surface area contributed by atoms with Gasteiger partial charge in [0.05, 0.1) is 55.4 Å². The molecule has 76 heavy (non-hydrogen) atoms. The molecule has 4 fully saturated rings. The first-order chi connectivity index (χ1) is 36.7. The molecule has 3 aliphatic heterocycles. The number of nitrogens with zero attached hydrogens (tertiary/aromatic N) is 6. The van der Waals surface area contributed by atoms with Crippen molar-refractivity contribution in [2.24, 2.45) is 5.41 Å². The minimum Gasteiger partial charge on any atom is -0.497 e. The van der Waals surface area contributed by atoms with Gasteiger partial charge in [0.25, 0.3) is 21.6 Å². The van der Waals surface area contributed by atoms with E-state index in [0.29, 0.717) is 49.3 Å². The second-order valence-corrected chi connectivity index (χ2v) is 22.2. The van der Waals surface area contributed by atoms with Crippen LogP contribution in [0.1, 0.15) is 78.5 Å². The summed E-state index contributed by atoms with van der Waals surface area (Å²) in [6, 6.07) is 24.5. The van der Waals surface area contributed by atoms with E-state index >= 15 is 4.39 Å². The van der Waals surface area contributed by atoms with E-state index in [-0.39, 0.29) is 58.6 Å². The second kappa shape index (κ2) is 21.1. The zero-order valence-electron chi connectivity index (χ0n) is 42.5. The van der Waals surface area contributed by atoms with Crippen LogP contribution in [0.3, 0.4) is 0 Å². The van der Waals surface area contributed by atoms with E-state index in [4.69, 9.17) is 23.4 Å². The minimum atomic E-state index is -4.95. The maximum Gasteiger partial charge on any atom is 0.297 e. The van der Waals surface area contributed by atoms with E-state index in [1.54, 1.807) is 25.4 Å². The summed E-state index contributed by atoms with van der Waals surface area (Å²) in [6.07, 6.45) is 7.38. The molecule has 6 heterocycles. The van der Waals surface area contributed by atoms with Crippen molar-refractivity contribution in [2.75, 3.05) is 76.4 Å². The Bertz CT molecular complexity index is 3380. The summed E-state index contributed by atoms with van der Waals surface area (Å²) >= 11 is 0. The number of carbonyl (C=O) groups excluding carboxylic acids is 1. The molecule has 3 saturated heterocycles. The van der Waals surface area contributed by atoms with Crippen molar-refractivity contribution >= 4 is 55.1 Å². The number of pyridine rings is 1. The second-order valence-electron chi connectivity index (χ2n) is 20.6. The van der Waals surface area contributed by atoms with Gasteiger partial charge in [0.2, 0.25) is 0 Å². The van der Waals surface area contributed by atoms with Crippen LogP contribution in [0.25, 0.3) is 22.1 Å². The number of amides is 1. The fourth-order valence-electron chi connectivity index (χ4n) is 11.6. The molecule has 0 radical (unpaired) electrons. The van der Waals surface area contributed by atoms with Gasteiger partial charge < -0.3 is 38.6 Å². The van der Waals surface area contributed by atoms with E-state index in [9.17, 15) is 23.3 Å². The number of carbonyl (C=O) groups is 1. The molecule has 4 aromatic carbocycles. The molecule has 19 nitrogen and oxygen atoms in total. The molecular formula is C55H60FN9O10S. The zero-order chi connectivity index (χ0) is 52.7. The first-order valence-electron chi connectivity index (χ1n) is 25.7. The standard InChI is InChI=1S/C55H60FN9O10S/c1-34(2)41-6-4-5-7-42(41)47-31-62(30-35-8-10-38(71-3)11-9-35)18-19-64(47)37-26-55(27-37)13-16-63(17-14-55)45-24-48(75-39-22-36-12-15-57-53(36)59-28-39)43(23-44(45)56)54(66)61-76(69,70)49-25-46(65(67)68)50(52-51(49)60-33-74-52)58-29-40-32-72-20-21-73-40/h4-12,15,22-25,28,33-34,37,40,47,58H,13-14,16-21,26-27,29-32H2,1-3H3,(H,57,59)(H,61,66)/t40-,47-/m0/s1. The van der Waals surface area contributed by atoms with Gasteiger partial charge in [-0.25, -0.2) is 27.5 Å². The van der Waals surface area contributed by atoms with Crippen molar-refractivity contribution in [3.05, 3.63) is 136 Å². The Kier molecular flexibility index (Phi) is 14.1. The van der Waals surface area contributed by atoms with Gasteiger partial charge in [0, 0.05) is 81.6 Å². The quantitative estimate of drug-likeness (QED) is 0.0607. The molecular weight excluding hydrogens is 998 g/mol. The van der Waals surface area contributed by atoms with Crippen LogP contribution in [0.5, 0.6) is 17.2 Å². The van der Waals surface area contributed by atoms with E-state index in [0.717, 1.165) is 76.1 Å². The number of aromatic amines is 1. The molecule has 1 spiro atoms. The predicted molar refractivity (Wildman–Crippen MR) is 282 cm³/mol. The maximum atomic E-state index is 16.7. The number of H-pyrrole nitrogens is 1. The average Bonchev–Trinajstić information content (AvgIpc) is 4.13. The highest BCUT2D eigenvalue weighted by atomic mass is 32.2. The van der Waals surface area contributed by atoms with Gasteiger partial charge in [0.15, 0.2) is 17.7 Å². The number of oxazole rings is 1. The number of halogens is 1. The first-order valence-corrected chi connectivity index (χ1v) is 27.2. The number of piperidine rings is 1. The Morgan fingerprint density at radius 1 is 1.00 bits per heavy atom. The molecule has 11 rings (SSSR count). The molecule has 4 aliphatic rings. The average molecular weight is 1060 g/mol. The number of rotatable bonds is 16. The molecule has 2 atom stereocenters. The molecule has 0 unspecified atom stereocenters. The minimum absolute atomic E-state index is 0.0788. The highest BCUT2D eigenvalue weighted by Gasteiger charge is 2.50. The van der Waals surface area contributed by atoms with Crippen LogP contribution in [0.4, 0.5) is 21.5 Å². The van der Waals surface area contributed by atoms with Gasteiger partial charge in [-0.3, -0.25) is 24.7 Å². The monoisotopic (exact) mass is 1060 g/mol. The number of aromatic nitrogens is 3. The van der Waals surface area contributed by atoms with Crippen molar-refractivity contribution in [1.82, 2.24) is 29.5 Å². The van der Waals surface area contributed by atoms with E-state index in [1.165, 1.54) is 29.0 Å². The van der Waals surface area contributed by atoms with Crippen molar-refractivity contribution in [3.8, 4) is 17.2 Å². The highest BCUT2D eigenvalue weighted by molar-refractivity contribution is 7.90. The summed E-state index contributed by atoms with van der Waals surface area (Å²) in [4.78, 5) is 44.0. The lowest BCUT2D eigenvalue weighted by atomic mass is 9.59. The van der Waals surface area contributed by atoms with Gasteiger partial charge in [0.1, 0.15) is 39.1 Å². The van der Waals surface area contributed by atoms with Gasteiger partial charge in [-0.15, -0.1) is 0 Å². The summed E-state index contributed by atoms with van der Waals surface area (Å²) in [5.41, 5.74) is 3.14. The Hall–Kier alpha value is -7.17. The SMILES string of the molecule is COc1ccc(CN2CCN(C3CC4(CCN(c5cc(Oc6cnc7[nH]ccc7c6)c(C(=O)NS(=O)(=O)c6cc([N+](=O)[O-])c(NC[C@H]7COCCO7)c7ocnc67)cc5F)CC4)C3)[C@H](c3ccccc3C(C)C)C2)cc1. The normalized spacial score (nSPS) is 19.5. The zero-order valence-corrected chi connectivity index (χ0v) is 43.3. The summed E-state index contributed by atoms with van der Waals surface area (Å²) in [5.74, 6) is -0.702. The van der Waals surface area contributed by atoms with Crippen LogP contribution in [0.15, 0.2) is 107 Å². The van der Waals surface area contributed by atoms with Gasteiger partial charge in [-0.2, -0.15) is 0 Å². The number of hydrogen-bond donors (Lipinski definition) is 3. The van der Waals surface area contributed by atoms with Crippen LogP contribution in [0, 0.1) is 21.3 Å². The predicted octanol–water partition coefficient (Wildman–Crippen LogP) is 8.93. The number of sulfonamides is 1. The molecule has 1 saturated carbocycles. The smallest absolute Gasteiger partial charge is 0.297 e. The Morgan fingerprint density at radius 2 is 1.80 bits per heavy atom. The fraction of sp³-hybridized carbons (Fsp3) is 0.400. The Morgan fingerprint density at radius 3 is 2.55 bits per heavy atom. The van der Waals surface area contributed by atoms with Gasteiger partial charge in [-0.1, -0.05) is 50.2 Å². The number of ether oxygens (including phenoxy) is 4. The molecule has 398 valence electrons. The van der Waals surface area contributed by atoms with Crippen molar-refractivity contribution in [3.63, 3.8) is 0 Å². The third kappa shape index (κ3) is 10.3. The molecule has 3 aromatic heterocycles. The largest absolute Gasteiger partial charge is 0.497 e. The number of fused-ring (bicyclic) bond motifs is 2. The Balaban J connectivity index is 0.821. The first kappa shape index (κ1) is 51.0. The topological polar surface area (TPSA) is 220 Å². The van der Waals surface area contributed by atoms with Crippen molar-refractivity contribution in [1.29, 1.82) is 0 Å². The van der Waals surface area contributed by atoms with E-state index in [2.05, 4.69) is 80.3 Å². The maximum absolute atomic E-state index is 16.7. The molecule has 1 aliphatic carbocycles. The lowest BCUT2D eigenvalue weighted by Gasteiger charge is -2.58. The number of anilines is 2. The number of methoxy groups -OCH3 is 1. The molecule has 3 N–H and O–H groups in total. The van der Waals surface area contributed by atoms with Gasteiger partial charge >= 0.3 is 0 Å². The lowest BCUT2D eigenvalue weighted by molar-refractivity contribution is -0.384. The van der Waals surface area contributed by atoms with Crippen LogP contribution >= 0.6 is 0 Å². The number of nitrogens with one attached hydrogen (secondary N) is 3. The number of nitro benzene ring substituents is 1. The third-order valence-corrected chi connectivity index (χ3v) is 16.9. The van der Waals surface area contributed by atoms with E-state index in [1.807, 2.05) is 21.8 Å². The summed E-state index contributed by atoms with van der Waals surface area (Å²) in [5, 5.41) is 16.1. The number of benzene rings is 4. The lowest BCUT2D eigenvalue weighted by Crippen LogP contribution is -2.60. The summed E-state index contributed by atoms with van der Waals surface area (Å²) in [7, 11) is -3.26. The molecule has 7 aromatic rings. The highest BCUT2D eigenvalue weighted by Crippen LogP contribution is 2.54. The van der Waals surface area contributed by atoms with Crippen LogP contribution in [0.2, 0.25) is 0 Å². The van der Waals surface area contributed by atoms with Gasteiger partial charge in [-0.05, 0) is 84.0 Å². The molecule has 21 heteroatoms. The number of hydrogen-bond acceptors (Lipinski definition) is 16.